The summed E-state index contributed by atoms with van der Waals surface area (Å²) in [5, 5.41) is 0. The van der Waals surface area contributed by atoms with Crippen molar-refractivity contribution in [3.05, 3.63) is 53.5 Å². The van der Waals surface area contributed by atoms with Crippen LogP contribution >= 0.6 is 21.3 Å². The van der Waals surface area contributed by atoms with Crippen molar-refractivity contribution >= 4 is 38.2 Å². The SMILES string of the molecule is COC(=O)NI=NC1C=C(S(=O)c2ccccc2)C=CC1N. The van der Waals surface area contributed by atoms with Gasteiger partial charge in [-0.25, -0.2) is 12.1 Å². The molecule has 1 amide bonds. The largest absolute Gasteiger partial charge is 0.452 e. The number of carbonyl (C=O) groups excluding carboxylic acids is 1. The van der Waals surface area contributed by atoms with Gasteiger partial charge in [-0.3, -0.25) is 3.53 Å². The Morgan fingerprint density at radius 2 is 2.14 bits per heavy atom. The molecule has 1 aliphatic carbocycles. The molecule has 3 unspecified atom stereocenters. The molecule has 6 nitrogen and oxygen atoms in total. The van der Waals surface area contributed by atoms with Crippen LogP contribution in [0.25, 0.3) is 0 Å². The molecule has 0 bridgehead atoms. The highest BCUT2D eigenvalue weighted by atomic mass is 127. The molecule has 0 fully saturated rings. The van der Waals surface area contributed by atoms with Crippen LogP contribution in [0.5, 0.6) is 0 Å². The summed E-state index contributed by atoms with van der Waals surface area (Å²) in [6.07, 6.45) is 4.85. The molecule has 1 aliphatic rings. The van der Waals surface area contributed by atoms with E-state index < -0.39 is 38.2 Å². The monoisotopic (exact) mass is 433 g/mol. The van der Waals surface area contributed by atoms with Crippen molar-refractivity contribution in [2.24, 2.45) is 8.88 Å². The number of allylic oxidation sites excluding steroid dienone is 1. The average Bonchev–Trinajstić information content (AvgIpc) is 2.56. The first-order chi connectivity index (χ1) is 10.6. The molecule has 118 valence electrons. The number of nitrogens with one attached hydrogen (secondary N) is 1. The van der Waals surface area contributed by atoms with E-state index in [9.17, 15) is 9.00 Å². The number of halogens is 1. The van der Waals surface area contributed by atoms with Gasteiger partial charge in [0, 0.05) is 15.8 Å². The summed E-state index contributed by atoms with van der Waals surface area (Å²) in [6, 6.07) is 8.63. The zero-order chi connectivity index (χ0) is 15.9. The number of benzene rings is 1. The molecule has 3 atom stereocenters. The molecule has 0 spiro atoms. The minimum atomic E-state index is -1.26. The van der Waals surface area contributed by atoms with Gasteiger partial charge in [-0.1, -0.05) is 24.3 Å². The van der Waals surface area contributed by atoms with Crippen LogP contribution in [0.1, 0.15) is 0 Å². The number of methoxy groups -OCH3 is 1. The lowest BCUT2D eigenvalue weighted by molar-refractivity contribution is 0.179. The molecule has 0 heterocycles. The molecular weight excluding hydrogens is 417 g/mol. The molecule has 0 aliphatic heterocycles. The third-order valence-corrected chi connectivity index (χ3v) is 5.85. The van der Waals surface area contributed by atoms with Gasteiger partial charge in [0.15, 0.2) is 0 Å². The third-order valence-electron chi connectivity index (χ3n) is 2.85. The maximum atomic E-state index is 12.5. The Bertz CT molecular complexity index is 646. The first-order valence-corrected chi connectivity index (χ1v) is 9.61. The maximum absolute atomic E-state index is 12.5. The minimum absolute atomic E-state index is 0.282. The molecule has 3 N–H and O–H groups in total. The van der Waals surface area contributed by atoms with Gasteiger partial charge in [-0.15, -0.1) is 0 Å². The highest BCUT2D eigenvalue weighted by Gasteiger charge is 2.20. The summed E-state index contributed by atoms with van der Waals surface area (Å²) in [7, 11) is 0.0383. The van der Waals surface area contributed by atoms with Crippen molar-refractivity contribution in [2.45, 2.75) is 17.0 Å². The molecule has 0 saturated heterocycles. The number of hydrogen-bond acceptors (Lipinski definition) is 5. The molecule has 0 radical (unpaired) electrons. The van der Waals surface area contributed by atoms with Gasteiger partial charge >= 0.3 is 6.09 Å². The van der Waals surface area contributed by atoms with Gasteiger partial charge in [-0.2, -0.15) is 0 Å². The Morgan fingerprint density at radius 3 is 2.82 bits per heavy atom. The standard InChI is InChI=1S/C14H16IN3O3S/c1-21-14(19)18-15-17-13-9-11(7-8-12(13)16)22(20)10-5-3-2-4-6-10/h2-9,12-13H,16H2,1H3,(H,17,18,19). The summed E-state index contributed by atoms with van der Waals surface area (Å²) >= 11 is -0.926. The van der Waals surface area contributed by atoms with Crippen LogP contribution in [0.3, 0.4) is 0 Å². The summed E-state index contributed by atoms with van der Waals surface area (Å²) in [5.41, 5.74) is 5.98. The van der Waals surface area contributed by atoms with E-state index in [0.29, 0.717) is 4.91 Å². The number of amides is 1. The van der Waals surface area contributed by atoms with Crippen LogP contribution in [-0.4, -0.2) is 29.5 Å². The molecular formula is C14H16IN3O3S. The van der Waals surface area contributed by atoms with Crippen molar-refractivity contribution in [1.29, 1.82) is 0 Å². The highest BCUT2D eigenvalue weighted by Crippen LogP contribution is 2.22. The smallest absolute Gasteiger partial charge is 0.416 e. The average molecular weight is 433 g/mol. The highest BCUT2D eigenvalue weighted by molar-refractivity contribution is 14.1. The lowest BCUT2D eigenvalue weighted by atomic mass is 10.1. The van der Waals surface area contributed by atoms with Crippen LogP contribution in [0.4, 0.5) is 4.79 Å². The van der Waals surface area contributed by atoms with E-state index in [1.165, 1.54) is 7.11 Å². The predicted molar refractivity (Wildman–Crippen MR) is 93.8 cm³/mol. The first-order valence-electron chi connectivity index (χ1n) is 6.41. The van der Waals surface area contributed by atoms with Gasteiger partial charge in [0.25, 0.3) is 0 Å². The first kappa shape index (κ1) is 17.0. The molecule has 1 aromatic carbocycles. The second-order valence-electron chi connectivity index (χ2n) is 4.35. The number of hydrogen-bond donors (Lipinski definition) is 2. The molecule has 0 saturated carbocycles. The summed E-state index contributed by atoms with van der Waals surface area (Å²) in [5.74, 6) is 0. The van der Waals surface area contributed by atoms with Crippen LogP contribution in [0.2, 0.25) is 0 Å². The van der Waals surface area contributed by atoms with Gasteiger partial charge in [0.05, 0.1) is 24.0 Å². The Balaban J connectivity index is 2.12. The second-order valence-corrected chi connectivity index (χ2v) is 7.41. The number of nitrogens with two attached hydrogens (primary N) is 1. The second kappa shape index (κ2) is 8.30. The lowest BCUT2D eigenvalue weighted by Gasteiger charge is -2.18. The number of rotatable bonds is 4. The molecule has 2 rings (SSSR count). The minimum Gasteiger partial charge on any atom is -0.452 e. The van der Waals surface area contributed by atoms with Crippen molar-refractivity contribution < 1.29 is 13.7 Å². The molecule has 0 aromatic heterocycles. The fourth-order valence-electron chi connectivity index (χ4n) is 1.71. The van der Waals surface area contributed by atoms with Crippen molar-refractivity contribution in [1.82, 2.24) is 3.53 Å². The topological polar surface area (TPSA) is 93.8 Å². The van der Waals surface area contributed by atoms with E-state index in [4.69, 9.17) is 5.73 Å². The van der Waals surface area contributed by atoms with Crippen molar-refractivity contribution in [2.75, 3.05) is 7.11 Å². The number of carbonyl (C=O) groups is 1. The van der Waals surface area contributed by atoms with Gasteiger partial charge in [-0.05, 0) is 24.3 Å². The maximum Gasteiger partial charge on any atom is 0.416 e. The van der Waals surface area contributed by atoms with Gasteiger partial charge < -0.3 is 10.5 Å². The van der Waals surface area contributed by atoms with Gasteiger partial charge in [0.2, 0.25) is 0 Å². The Hall–Kier alpha value is -1.39. The summed E-state index contributed by atoms with van der Waals surface area (Å²) in [4.78, 5) is 12.4. The summed E-state index contributed by atoms with van der Waals surface area (Å²) in [6.45, 7) is 0. The molecule has 1 aromatic rings. The lowest BCUT2D eigenvalue weighted by Crippen LogP contribution is -2.32. The van der Waals surface area contributed by atoms with Crippen LogP contribution < -0.4 is 9.26 Å². The van der Waals surface area contributed by atoms with Crippen molar-refractivity contribution in [3.8, 4) is 0 Å². The fourth-order valence-corrected chi connectivity index (χ4v) is 4.26. The predicted octanol–water partition coefficient (Wildman–Crippen LogP) is 2.37. The third kappa shape index (κ3) is 4.55. The van der Waals surface area contributed by atoms with Crippen LogP contribution in [-0.2, 0) is 15.5 Å². The summed E-state index contributed by atoms with van der Waals surface area (Å²) < 4.78 is 24.0. The van der Waals surface area contributed by atoms with E-state index in [2.05, 4.69) is 11.4 Å². The number of nitrogens with zero attached hydrogens (tertiary/aromatic N) is 1. The quantitative estimate of drug-likeness (QED) is 0.563. The van der Waals surface area contributed by atoms with Gasteiger partial charge in [0.1, 0.15) is 21.3 Å². The zero-order valence-electron chi connectivity index (χ0n) is 11.8. The number of ether oxygens (including phenoxy) is 1. The van der Waals surface area contributed by atoms with E-state index >= 15 is 0 Å². The van der Waals surface area contributed by atoms with E-state index in [1.807, 2.05) is 30.3 Å². The molecule has 22 heavy (non-hydrogen) atoms. The molecule has 8 heteroatoms. The Labute approximate surface area is 141 Å². The van der Waals surface area contributed by atoms with Crippen LogP contribution in [0.15, 0.2) is 61.5 Å². The Kier molecular flexibility index (Phi) is 6.40. The van der Waals surface area contributed by atoms with Crippen LogP contribution in [0, 0.1) is 0 Å². The zero-order valence-corrected chi connectivity index (χ0v) is 14.8. The fraction of sp³-hybridized carbons (Fsp3) is 0.214. The Morgan fingerprint density at radius 1 is 1.41 bits per heavy atom. The van der Waals surface area contributed by atoms with Crippen molar-refractivity contribution in [3.63, 3.8) is 0 Å². The van der Waals surface area contributed by atoms with E-state index in [0.717, 1.165) is 4.90 Å². The normalized spacial score (nSPS) is 22.5. The van der Waals surface area contributed by atoms with E-state index in [-0.39, 0.29) is 12.1 Å². The van der Waals surface area contributed by atoms with E-state index in [1.54, 1.807) is 18.2 Å².